The second-order valence-corrected chi connectivity index (χ2v) is 2.74. The Bertz CT molecular complexity index is 147. The van der Waals surface area contributed by atoms with E-state index in [1.165, 1.54) is 4.72 Å². The Hall–Kier alpha value is 0.367. The molecule has 0 saturated heterocycles. The first-order chi connectivity index (χ1) is 3.62. The second-order valence-electron chi connectivity index (χ2n) is 1.00. The van der Waals surface area contributed by atoms with E-state index in [1.54, 1.807) is 0 Å². The van der Waals surface area contributed by atoms with Gasteiger partial charge in [0, 0.05) is 0 Å². The van der Waals surface area contributed by atoms with Gasteiger partial charge in [-0.3, -0.25) is 0 Å². The molecular weight excluding hydrogens is 147 g/mol. The summed E-state index contributed by atoms with van der Waals surface area (Å²) in [6, 6.07) is -1.57. The van der Waals surface area contributed by atoms with Gasteiger partial charge in [-0.15, -0.1) is 0 Å². The Kier molecular flexibility index (Phi) is 6.95. The van der Waals surface area contributed by atoms with Crippen LogP contribution in [0.15, 0.2) is 0 Å². The normalized spacial score (nSPS) is 10.4. The third kappa shape index (κ3) is 6.25. The average Bonchev–Trinajstić information content (AvgIpc) is 1.67. The summed E-state index contributed by atoms with van der Waals surface area (Å²) >= 11 is 0. The predicted molar refractivity (Wildman–Crippen MR) is 31.2 cm³/mol. The number of sulfonamides is 1. The van der Waals surface area contributed by atoms with E-state index in [4.69, 9.17) is 0 Å². The van der Waals surface area contributed by atoms with Gasteiger partial charge in [0.15, 0.2) is 6.80 Å². The number of halogens is 2. The minimum absolute atomic E-state index is 0. The number of hydrogen-bond acceptors (Lipinski definition) is 2. The van der Waals surface area contributed by atoms with Crippen molar-refractivity contribution in [2.75, 3.05) is 12.8 Å². The van der Waals surface area contributed by atoms with Crippen LogP contribution < -0.4 is 4.72 Å². The van der Waals surface area contributed by atoms with Crippen LogP contribution in [0.25, 0.3) is 0 Å². The molecule has 0 saturated carbocycles. The van der Waals surface area contributed by atoms with Crippen LogP contribution in [0.4, 0.5) is 8.78 Å². The maximum atomic E-state index is 11.1. The molecule has 1 N–H and O–H groups in total. The predicted octanol–water partition coefficient (Wildman–Crippen LogP) is -0.889. The van der Waals surface area contributed by atoms with Gasteiger partial charge in [-0.2, -0.15) is 4.72 Å². The standard InChI is InChI=1S/C2H5F2NO2S.Li.H/c3-1-5-8(6,7)2-4;;/h5H,1-2H2;;. The number of hydrogen-bond donors (Lipinski definition) is 1. The summed E-state index contributed by atoms with van der Waals surface area (Å²) in [6.45, 7) is -1.26. The van der Waals surface area contributed by atoms with Gasteiger partial charge in [0.05, 0.1) is 0 Å². The monoisotopic (exact) mass is 153 g/mol. The Labute approximate surface area is 64.0 Å². The van der Waals surface area contributed by atoms with Crippen molar-refractivity contribution in [3.05, 3.63) is 0 Å². The third-order valence-electron chi connectivity index (χ3n) is 0.418. The Morgan fingerprint density at radius 3 is 1.89 bits per heavy atom. The SMILES string of the molecule is O=S(=O)(CF)NCF.[LiH]. The molecule has 0 aromatic rings. The van der Waals surface area contributed by atoms with E-state index in [-0.39, 0.29) is 18.9 Å². The first kappa shape index (κ1) is 12.1. The molecule has 0 spiro atoms. The van der Waals surface area contributed by atoms with Gasteiger partial charge in [0.25, 0.3) is 0 Å². The van der Waals surface area contributed by atoms with Gasteiger partial charge in [-0.1, -0.05) is 0 Å². The van der Waals surface area contributed by atoms with Gasteiger partial charge in [-0.05, 0) is 0 Å². The van der Waals surface area contributed by atoms with E-state index >= 15 is 0 Å². The average molecular weight is 153 g/mol. The van der Waals surface area contributed by atoms with Crippen molar-refractivity contribution in [2.45, 2.75) is 0 Å². The minimum atomic E-state index is -3.96. The molecule has 0 aliphatic carbocycles. The van der Waals surface area contributed by atoms with Crippen LogP contribution in [-0.4, -0.2) is 40.1 Å². The van der Waals surface area contributed by atoms with E-state index in [9.17, 15) is 17.2 Å². The molecule has 0 radical (unpaired) electrons. The van der Waals surface area contributed by atoms with Crippen molar-refractivity contribution in [1.29, 1.82) is 0 Å². The molecule has 7 heteroatoms. The molecule has 0 aromatic heterocycles. The Morgan fingerprint density at radius 1 is 1.33 bits per heavy atom. The second kappa shape index (κ2) is 5.18. The first-order valence-electron chi connectivity index (χ1n) is 1.71. The molecule has 0 unspecified atom stereocenters. The van der Waals surface area contributed by atoms with Crippen molar-refractivity contribution in [3.63, 3.8) is 0 Å². The Balaban J connectivity index is 0. The van der Waals surface area contributed by atoms with Crippen LogP contribution in [0.1, 0.15) is 0 Å². The molecule has 3 nitrogen and oxygen atoms in total. The van der Waals surface area contributed by atoms with Crippen molar-refractivity contribution >= 4 is 28.9 Å². The van der Waals surface area contributed by atoms with Crippen molar-refractivity contribution in [3.8, 4) is 0 Å². The van der Waals surface area contributed by atoms with Crippen LogP contribution in [0.2, 0.25) is 0 Å². The van der Waals surface area contributed by atoms with E-state index in [2.05, 4.69) is 0 Å². The van der Waals surface area contributed by atoms with E-state index in [0.29, 0.717) is 0 Å². The quantitative estimate of drug-likeness (QED) is 0.422. The molecule has 0 heterocycles. The summed E-state index contributed by atoms with van der Waals surface area (Å²) in [7, 11) is -3.96. The van der Waals surface area contributed by atoms with Crippen LogP contribution >= 0.6 is 0 Å². The first-order valence-corrected chi connectivity index (χ1v) is 3.37. The summed E-state index contributed by atoms with van der Waals surface area (Å²) in [4.78, 5) is 0. The number of rotatable bonds is 3. The molecule has 0 amide bonds. The van der Waals surface area contributed by atoms with Gasteiger partial charge in [0.1, 0.15) is 0 Å². The van der Waals surface area contributed by atoms with Crippen LogP contribution in [0.5, 0.6) is 0 Å². The van der Waals surface area contributed by atoms with Crippen molar-refractivity contribution < 1.29 is 17.2 Å². The van der Waals surface area contributed by atoms with Gasteiger partial charge in [0.2, 0.25) is 16.0 Å². The summed E-state index contributed by atoms with van der Waals surface area (Å²) in [5.74, 6) is 0. The van der Waals surface area contributed by atoms with E-state index < -0.39 is 22.8 Å². The summed E-state index contributed by atoms with van der Waals surface area (Å²) in [6.07, 6.45) is 0. The van der Waals surface area contributed by atoms with Gasteiger partial charge >= 0.3 is 18.9 Å². The fourth-order valence-electron chi connectivity index (χ4n) is 0.122. The summed E-state index contributed by atoms with van der Waals surface area (Å²) in [5.41, 5.74) is 0. The zero-order chi connectivity index (χ0) is 6.62. The molecule has 0 aliphatic heterocycles. The fraction of sp³-hybridized carbons (Fsp3) is 1.00. The zero-order valence-electron chi connectivity index (χ0n) is 3.89. The van der Waals surface area contributed by atoms with E-state index in [0.717, 1.165) is 0 Å². The molecule has 0 aliphatic rings. The van der Waals surface area contributed by atoms with Gasteiger partial charge < -0.3 is 0 Å². The number of nitrogens with one attached hydrogen (secondary N) is 1. The van der Waals surface area contributed by atoms with Crippen LogP contribution in [0.3, 0.4) is 0 Å². The van der Waals surface area contributed by atoms with Crippen molar-refractivity contribution in [1.82, 2.24) is 4.72 Å². The molecule has 0 aromatic carbocycles. The summed E-state index contributed by atoms with van der Waals surface area (Å²) in [5, 5.41) is 0. The molecule has 9 heavy (non-hydrogen) atoms. The fourth-order valence-corrected chi connectivity index (χ4v) is 0.365. The molecule has 0 bridgehead atoms. The topological polar surface area (TPSA) is 46.2 Å². The van der Waals surface area contributed by atoms with Gasteiger partial charge in [-0.25, -0.2) is 17.2 Å². The molecule has 0 rings (SSSR count). The molecule has 52 valence electrons. The Morgan fingerprint density at radius 2 is 1.78 bits per heavy atom. The zero-order valence-corrected chi connectivity index (χ0v) is 4.71. The third-order valence-corrected chi connectivity index (χ3v) is 1.25. The van der Waals surface area contributed by atoms with Crippen LogP contribution in [0, 0.1) is 0 Å². The molecule has 0 atom stereocenters. The maximum absolute atomic E-state index is 11.1. The number of alkyl halides is 2. The molecule has 0 fully saturated rings. The molecular formula is C2H6F2LiNO2S. The van der Waals surface area contributed by atoms with Crippen LogP contribution in [-0.2, 0) is 10.0 Å². The van der Waals surface area contributed by atoms with E-state index in [1.807, 2.05) is 0 Å². The summed E-state index contributed by atoms with van der Waals surface area (Å²) < 4.78 is 43.2. The van der Waals surface area contributed by atoms with Crippen molar-refractivity contribution in [2.24, 2.45) is 0 Å².